The summed E-state index contributed by atoms with van der Waals surface area (Å²) in [6, 6.07) is 7.77. The van der Waals surface area contributed by atoms with Gasteiger partial charge in [0.2, 0.25) is 0 Å². The first-order valence-electron chi connectivity index (χ1n) is 10.7. The molecule has 0 saturated carbocycles. The first-order chi connectivity index (χ1) is 13.9. The van der Waals surface area contributed by atoms with Crippen LogP contribution >= 0.6 is 0 Å². The quantitative estimate of drug-likeness (QED) is 0.678. The fraction of sp³-hybridized carbons (Fsp3) is 0.667. The minimum Gasteiger partial charge on any atom is -0.492 e. The number of quaternary nitrogens is 1. The monoisotopic (exact) mass is 424 g/mol. The van der Waals surface area contributed by atoms with Crippen LogP contribution in [0.1, 0.15) is 27.2 Å². The first-order valence-corrected chi connectivity index (χ1v) is 12.5. The Hall–Kier alpha value is -1.80. The molecule has 1 amide bonds. The summed E-state index contributed by atoms with van der Waals surface area (Å²) in [4.78, 5) is 18.5. The lowest BCUT2D eigenvalue weighted by Crippen LogP contribution is -3.19. The van der Waals surface area contributed by atoms with Crippen molar-refractivity contribution in [3.05, 3.63) is 24.3 Å². The van der Waals surface area contributed by atoms with Crippen LogP contribution < -0.4 is 14.5 Å². The van der Waals surface area contributed by atoms with Crippen molar-refractivity contribution in [1.29, 1.82) is 0 Å². The second kappa shape index (κ2) is 9.34. The zero-order valence-electron chi connectivity index (χ0n) is 17.8. The molecule has 29 heavy (non-hydrogen) atoms. The molecular weight excluding hydrogens is 390 g/mol. The van der Waals surface area contributed by atoms with Gasteiger partial charge in [-0.25, -0.2) is 8.42 Å². The van der Waals surface area contributed by atoms with Crippen molar-refractivity contribution in [2.24, 2.45) is 0 Å². The molecule has 0 aromatic heterocycles. The number of anilines is 1. The van der Waals surface area contributed by atoms with Crippen LogP contribution in [0.5, 0.6) is 5.75 Å². The van der Waals surface area contributed by atoms with E-state index in [1.165, 1.54) is 4.90 Å². The van der Waals surface area contributed by atoms with E-state index < -0.39 is 9.84 Å². The highest BCUT2D eigenvalue weighted by atomic mass is 32.2. The van der Waals surface area contributed by atoms with E-state index in [0.29, 0.717) is 19.6 Å². The van der Waals surface area contributed by atoms with Crippen molar-refractivity contribution >= 4 is 21.4 Å². The van der Waals surface area contributed by atoms with Crippen LogP contribution in [0, 0.1) is 0 Å². The van der Waals surface area contributed by atoms with Gasteiger partial charge >= 0.3 is 0 Å². The van der Waals surface area contributed by atoms with Crippen LogP contribution in [0.15, 0.2) is 24.3 Å². The van der Waals surface area contributed by atoms with Crippen LogP contribution in [0.3, 0.4) is 0 Å². The molecule has 0 radical (unpaired) electrons. The lowest BCUT2D eigenvalue weighted by atomic mass is 10.1. The van der Waals surface area contributed by atoms with Gasteiger partial charge in [0.05, 0.1) is 50.0 Å². The van der Waals surface area contributed by atoms with Gasteiger partial charge in [0.1, 0.15) is 5.75 Å². The van der Waals surface area contributed by atoms with Crippen LogP contribution in [0.2, 0.25) is 0 Å². The second-order valence-electron chi connectivity index (χ2n) is 7.95. The van der Waals surface area contributed by atoms with Crippen LogP contribution in [0.25, 0.3) is 0 Å². The fourth-order valence-electron chi connectivity index (χ4n) is 4.50. The third-order valence-corrected chi connectivity index (χ3v) is 7.92. The third-order valence-electron chi connectivity index (χ3n) is 6.17. The summed E-state index contributed by atoms with van der Waals surface area (Å²) in [5, 5.41) is 0. The summed E-state index contributed by atoms with van der Waals surface area (Å²) in [6.45, 7) is 10.6. The number of para-hydroxylation sites is 2. The van der Waals surface area contributed by atoms with Gasteiger partial charge in [-0.1, -0.05) is 12.1 Å². The molecule has 1 aromatic carbocycles. The van der Waals surface area contributed by atoms with Gasteiger partial charge in [-0.2, -0.15) is 0 Å². The molecule has 2 atom stereocenters. The Bertz CT molecular complexity index is 806. The molecular formula is C21H34N3O4S+. The number of carbonyl (C=O) groups excluding carboxylic acids is 1. The Morgan fingerprint density at radius 1 is 1.28 bits per heavy atom. The summed E-state index contributed by atoms with van der Waals surface area (Å²) >= 11 is 0. The van der Waals surface area contributed by atoms with E-state index in [4.69, 9.17) is 4.74 Å². The predicted octanol–water partition coefficient (Wildman–Crippen LogP) is 0.214. The average Bonchev–Trinajstić information content (AvgIpc) is 3.08. The smallest absolute Gasteiger partial charge is 0.280 e. The Morgan fingerprint density at radius 2 is 1.97 bits per heavy atom. The third kappa shape index (κ3) is 5.04. The molecule has 2 fully saturated rings. The van der Waals surface area contributed by atoms with Gasteiger partial charge < -0.3 is 19.4 Å². The van der Waals surface area contributed by atoms with E-state index in [0.717, 1.165) is 37.6 Å². The maximum absolute atomic E-state index is 13.1. The number of hydrogen-bond acceptors (Lipinski definition) is 5. The van der Waals surface area contributed by atoms with Crippen LogP contribution in [0.4, 0.5) is 5.69 Å². The molecule has 0 bridgehead atoms. The minimum absolute atomic E-state index is 0.0766. The summed E-state index contributed by atoms with van der Waals surface area (Å²) in [7, 11) is -3.00. The molecule has 7 nitrogen and oxygen atoms in total. The molecule has 8 heteroatoms. The van der Waals surface area contributed by atoms with Gasteiger partial charge in [-0.3, -0.25) is 4.79 Å². The van der Waals surface area contributed by atoms with Gasteiger partial charge in [0.15, 0.2) is 15.9 Å². The molecule has 1 aromatic rings. The van der Waals surface area contributed by atoms with Gasteiger partial charge in [0, 0.05) is 12.6 Å². The number of piperazine rings is 1. The second-order valence-corrected chi connectivity index (χ2v) is 10.2. The number of nitrogens with one attached hydrogen (secondary N) is 1. The summed E-state index contributed by atoms with van der Waals surface area (Å²) in [5.74, 6) is 1.28. The number of likely N-dealkylation sites (N-methyl/N-ethyl adjacent to an activating group) is 1. The van der Waals surface area contributed by atoms with Gasteiger partial charge in [-0.05, 0) is 39.3 Å². The Labute approximate surface area is 174 Å². The van der Waals surface area contributed by atoms with E-state index in [9.17, 15) is 13.2 Å². The number of ether oxygens (including phenoxy) is 1. The Balaban J connectivity index is 1.61. The number of hydrogen-bond donors (Lipinski definition) is 1. The molecule has 2 aliphatic rings. The Kier molecular flexibility index (Phi) is 7.05. The number of carbonyl (C=O) groups is 1. The molecule has 3 rings (SSSR count). The molecule has 0 aliphatic carbocycles. The Morgan fingerprint density at radius 3 is 2.55 bits per heavy atom. The van der Waals surface area contributed by atoms with Crippen molar-refractivity contribution in [2.45, 2.75) is 39.3 Å². The minimum atomic E-state index is -3.00. The van der Waals surface area contributed by atoms with Crippen molar-refractivity contribution in [1.82, 2.24) is 4.90 Å². The highest BCUT2D eigenvalue weighted by Gasteiger charge is 2.38. The molecule has 1 N–H and O–H groups in total. The van der Waals surface area contributed by atoms with Crippen LogP contribution in [-0.2, 0) is 14.6 Å². The summed E-state index contributed by atoms with van der Waals surface area (Å²) in [5.41, 5.74) is 1.11. The van der Waals surface area contributed by atoms with Crippen LogP contribution in [-0.4, -0.2) is 82.1 Å². The van der Waals surface area contributed by atoms with E-state index in [2.05, 4.69) is 11.0 Å². The van der Waals surface area contributed by atoms with E-state index >= 15 is 0 Å². The highest BCUT2D eigenvalue weighted by molar-refractivity contribution is 7.91. The standard InChI is InChI=1S/C21H33N3O4S/c1-4-24(18-10-15-29(26,27)16-18)21(25)17(3)22-11-13-23(14-12-22)19-8-6-7-9-20(19)28-5-2/h6-9,17-18H,4-5,10-16H2,1-3H3/p+1/t17-,18+/m0/s1. The molecule has 0 unspecified atom stereocenters. The van der Waals surface area contributed by atoms with Crippen molar-refractivity contribution in [2.75, 3.05) is 55.7 Å². The number of rotatable bonds is 7. The number of sulfone groups is 1. The van der Waals surface area contributed by atoms with Gasteiger partial charge in [0.25, 0.3) is 5.91 Å². The predicted molar refractivity (Wildman–Crippen MR) is 114 cm³/mol. The van der Waals surface area contributed by atoms with Crippen molar-refractivity contribution in [3.8, 4) is 5.75 Å². The van der Waals surface area contributed by atoms with E-state index in [-0.39, 0.29) is 29.5 Å². The fourth-order valence-corrected chi connectivity index (χ4v) is 6.23. The van der Waals surface area contributed by atoms with Crippen molar-refractivity contribution < 1.29 is 22.8 Å². The topological polar surface area (TPSA) is 71.4 Å². The van der Waals surface area contributed by atoms with E-state index in [1.807, 2.05) is 39.0 Å². The summed E-state index contributed by atoms with van der Waals surface area (Å²) < 4.78 is 29.4. The number of benzene rings is 1. The molecule has 2 aliphatic heterocycles. The maximum Gasteiger partial charge on any atom is 0.280 e. The zero-order valence-corrected chi connectivity index (χ0v) is 18.6. The summed E-state index contributed by atoms with van der Waals surface area (Å²) in [6.07, 6.45) is 0.561. The number of nitrogens with zero attached hydrogens (tertiary/aromatic N) is 2. The highest BCUT2D eigenvalue weighted by Crippen LogP contribution is 2.27. The molecule has 2 saturated heterocycles. The number of amides is 1. The van der Waals surface area contributed by atoms with Gasteiger partial charge in [-0.15, -0.1) is 0 Å². The largest absolute Gasteiger partial charge is 0.492 e. The first kappa shape index (κ1) is 21.9. The van der Waals surface area contributed by atoms with E-state index in [1.54, 1.807) is 4.90 Å². The molecule has 162 valence electrons. The molecule has 2 heterocycles. The lowest BCUT2D eigenvalue weighted by Gasteiger charge is -2.38. The van der Waals surface area contributed by atoms with Crippen molar-refractivity contribution in [3.63, 3.8) is 0 Å². The maximum atomic E-state index is 13.1. The SMILES string of the molecule is CCOc1ccccc1N1CC[NH+]([C@@H](C)C(=O)N(CC)[C@@H]2CCS(=O)(=O)C2)CC1. The normalized spacial score (nSPS) is 23.0. The zero-order chi connectivity index (χ0) is 21.0. The average molecular weight is 425 g/mol. The molecule has 0 spiro atoms. The lowest BCUT2D eigenvalue weighted by molar-refractivity contribution is -0.915.